The van der Waals surface area contributed by atoms with Crippen LogP contribution < -0.4 is 51.4 Å². The van der Waals surface area contributed by atoms with Gasteiger partial charge in [-0.1, -0.05) is 53.1 Å². The van der Waals surface area contributed by atoms with Gasteiger partial charge in [0.25, 0.3) is 0 Å². The second kappa shape index (κ2) is 6.13. The van der Waals surface area contributed by atoms with Gasteiger partial charge in [0.05, 0.1) is 0 Å². The molecule has 0 saturated heterocycles. The van der Waals surface area contributed by atoms with Gasteiger partial charge in [-0.3, -0.25) is 7.83 Å². The molecule has 0 aromatic heterocycles. The largest absolute Gasteiger partial charge is 1.00 e. The van der Waals surface area contributed by atoms with Gasteiger partial charge in [-0.2, -0.15) is 5.54 Å². The van der Waals surface area contributed by atoms with Crippen LogP contribution in [0.5, 0.6) is 0 Å². The zero-order valence-corrected chi connectivity index (χ0v) is 17.2. The third kappa shape index (κ3) is 6.45. The Labute approximate surface area is 131 Å². The Hall–Kier alpha value is 2.29. The van der Waals surface area contributed by atoms with E-state index in [1.807, 2.05) is 0 Å². The summed E-state index contributed by atoms with van der Waals surface area (Å²) in [5, 5.41) is 0. The Balaban J connectivity index is 0. The van der Waals surface area contributed by atoms with Crippen molar-refractivity contribution in [2.75, 3.05) is 0 Å². The van der Waals surface area contributed by atoms with Gasteiger partial charge in [-0.15, -0.1) is 15.2 Å². The zero-order chi connectivity index (χ0) is 10.2. The molecule has 0 amide bonds. The Morgan fingerprint density at radius 2 is 1.00 bits per heavy atom. The fourth-order valence-electron chi connectivity index (χ4n) is 2.86. The predicted octanol–water partition coefficient (Wildman–Crippen LogP) is 0.728. The SMILES string of the molecule is CC(C)[Si-]([Si](C)(C)C)[Si](C)(C)C.[K+]. The summed E-state index contributed by atoms with van der Waals surface area (Å²) >= 11 is 0. The maximum Gasteiger partial charge on any atom is 1.00 e. The van der Waals surface area contributed by atoms with Gasteiger partial charge in [-0.25, -0.2) is 0 Å². The van der Waals surface area contributed by atoms with Crippen LogP contribution in [-0.4, -0.2) is 23.0 Å². The van der Waals surface area contributed by atoms with Gasteiger partial charge in [0.2, 0.25) is 0 Å². The smallest absolute Gasteiger partial charge is 0.251 e. The Morgan fingerprint density at radius 1 is 0.769 bits per heavy atom. The molecule has 0 aliphatic rings. The van der Waals surface area contributed by atoms with Gasteiger partial charge < -0.3 is 0 Å². The number of hydrogen-bond acceptors (Lipinski definition) is 0. The van der Waals surface area contributed by atoms with Crippen LogP contribution in [-0.2, 0) is 0 Å². The van der Waals surface area contributed by atoms with Crippen LogP contribution in [0.4, 0.5) is 0 Å². The quantitative estimate of drug-likeness (QED) is 0.653. The van der Waals surface area contributed by atoms with Crippen molar-refractivity contribution >= 4 is 23.0 Å². The summed E-state index contributed by atoms with van der Waals surface area (Å²) in [5.74, 6) is 0. The molecule has 0 rings (SSSR count). The monoisotopic (exact) mass is 256 g/mol. The van der Waals surface area contributed by atoms with E-state index in [1.54, 1.807) is 0 Å². The van der Waals surface area contributed by atoms with Crippen LogP contribution in [0.2, 0.25) is 44.8 Å². The van der Waals surface area contributed by atoms with Gasteiger partial charge in [0.1, 0.15) is 0 Å². The van der Waals surface area contributed by atoms with E-state index in [0.717, 1.165) is 5.54 Å². The molecule has 0 N–H and O–H groups in total. The first-order valence-electron chi connectivity index (χ1n) is 4.94. The molecule has 13 heavy (non-hydrogen) atoms. The van der Waals surface area contributed by atoms with Gasteiger partial charge in [0.15, 0.2) is 0 Å². The molecule has 0 nitrogen and oxygen atoms in total. The van der Waals surface area contributed by atoms with Crippen LogP contribution in [0.25, 0.3) is 0 Å². The first-order valence-corrected chi connectivity index (χ1v) is 15.5. The molecule has 0 spiro atoms. The van der Waals surface area contributed by atoms with Crippen molar-refractivity contribution in [1.29, 1.82) is 0 Å². The van der Waals surface area contributed by atoms with E-state index in [1.165, 1.54) is 0 Å². The van der Waals surface area contributed by atoms with Crippen LogP contribution in [0.1, 0.15) is 13.8 Å². The van der Waals surface area contributed by atoms with E-state index in [0.29, 0.717) is 0 Å². The average Bonchev–Trinajstić information content (AvgIpc) is 1.49. The molecule has 74 valence electrons. The Morgan fingerprint density at radius 3 is 1.00 bits per heavy atom. The summed E-state index contributed by atoms with van der Waals surface area (Å²) in [6, 6.07) is 0. The first kappa shape index (κ1) is 17.7. The van der Waals surface area contributed by atoms with Gasteiger partial charge in [0, 0.05) is 0 Å². The summed E-state index contributed by atoms with van der Waals surface area (Å²) in [7, 11) is -1.66. The molecule has 0 aliphatic carbocycles. The minimum atomic E-state index is -0.822. The molecule has 0 heterocycles. The number of rotatable bonds is 3. The standard InChI is InChI=1S/C9H25Si3.K/c1-9(2)10(11(3,4)5)12(6,7)8;/h9H,1-8H3;/q-1;+1. The molecule has 0 aromatic carbocycles. The maximum absolute atomic E-state index is 2.57. The third-order valence-corrected chi connectivity index (χ3v) is 33.2. The van der Waals surface area contributed by atoms with Crippen LogP contribution in [0.3, 0.4) is 0 Å². The minimum Gasteiger partial charge on any atom is -0.251 e. The fraction of sp³-hybridized carbons (Fsp3) is 1.00. The summed E-state index contributed by atoms with van der Waals surface area (Å²) in [6.45, 7) is 20.3. The van der Waals surface area contributed by atoms with Crippen LogP contribution in [0, 0.1) is 0 Å². The molecule has 0 fully saturated rings. The second-order valence-electron chi connectivity index (χ2n) is 6.07. The van der Waals surface area contributed by atoms with Crippen molar-refractivity contribution in [1.82, 2.24) is 0 Å². The summed E-state index contributed by atoms with van der Waals surface area (Å²) in [5.41, 5.74) is 0.994. The Kier molecular flexibility index (Phi) is 8.33. The molecule has 0 aromatic rings. The van der Waals surface area contributed by atoms with E-state index >= 15 is 0 Å². The fourth-order valence-corrected chi connectivity index (χ4v) is 46.0. The van der Waals surface area contributed by atoms with Crippen molar-refractivity contribution in [2.45, 2.75) is 58.7 Å². The zero-order valence-electron chi connectivity index (χ0n) is 11.1. The topological polar surface area (TPSA) is 0 Å². The molecule has 0 atom stereocenters. The third-order valence-electron chi connectivity index (χ3n) is 2.19. The summed E-state index contributed by atoms with van der Waals surface area (Å²) < 4.78 is 0. The van der Waals surface area contributed by atoms with Crippen molar-refractivity contribution in [2.24, 2.45) is 0 Å². The normalized spacial score (nSPS) is 13.4. The van der Waals surface area contributed by atoms with E-state index < -0.39 is 15.2 Å². The van der Waals surface area contributed by atoms with E-state index in [2.05, 4.69) is 53.1 Å². The predicted molar refractivity (Wildman–Crippen MR) is 67.5 cm³/mol. The molecular weight excluding hydrogens is 231 g/mol. The molecular formula is C9H25KSi3. The van der Waals surface area contributed by atoms with Crippen LogP contribution >= 0.6 is 0 Å². The van der Waals surface area contributed by atoms with Gasteiger partial charge >= 0.3 is 51.4 Å². The first-order chi connectivity index (χ1) is 5.07. The molecule has 0 unspecified atom stereocenters. The maximum atomic E-state index is 2.57. The van der Waals surface area contributed by atoms with Crippen molar-refractivity contribution in [3.63, 3.8) is 0 Å². The molecule has 0 radical (unpaired) electrons. The molecule has 0 bridgehead atoms. The van der Waals surface area contributed by atoms with E-state index in [4.69, 9.17) is 0 Å². The molecule has 0 saturated carbocycles. The van der Waals surface area contributed by atoms with Gasteiger partial charge in [-0.05, 0) is 0 Å². The average molecular weight is 257 g/mol. The van der Waals surface area contributed by atoms with Crippen molar-refractivity contribution < 1.29 is 51.4 Å². The molecule has 0 aliphatic heterocycles. The summed E-state index contributed by atoms with van der Waals surface area (Å²) in [6.07, 6.45) is 0. The van der Waals surface area contributed by atoms with E-state index in [-0.39, 0.29) is 59.2 Å². The van der Waals surface area contributed by atoms with Crippen LogP contribution in [0.15, 0.2) is 0 Å². The molecule has 4 heteroatoms. The second-order valence-corrected chi connectivity index (χ2v) is 30.8. The van der Waals surface area contributed by atoms with Crippen molar-refractivity contribution in [3.8, 4) is 0 Å². The van der Waals surface area contributed by atoms with Crippen molar-refractivity contribution in [3.05, 3.63) is 0 Å². The van der Waals surface area contributed by atoms with E-state index in [9.17, 15) is 0 Å². The summed E-state index contributed by atoms with van der Waals surface area (Å²) in [4.78, 5) is 0. The number of hydrogen-bond donors (Lipinski definition) is 0. The minimum absolute atomic E-state index is 0. The Bertz CT molecular complexity index is 130.